The van der Waals surface area contributed by atoms with Crippen LogP contribution >= 0.6 is 11.6 Å². The van der Waals surface area contributed by atoms with Gasteiger partial charge in [0.15, 0.2) is 0 Å². The maximum Gasteiger partial charge on any atom is 0.221 e. The minimum Gasteiger partial charge on any atom is -0.368 e. The second-order valence-electron chi connectivity index (χ2n) is 1.81. The predicted octanol–water partition coefficient (Wildman–Crippen LogP) is 1.84. The zero-order valence-corrected chi connectivity index (χ0v) is 6.18. The van der Waals surface area contributed by atoms with E-state index in [4.69, 9.17) is 26.9 Å². The zero-order chi connectivity index (χ0) is 14.4. The maximum absolute atomic E-state index is 7.83. The van der Waals surface area contributed by atoms with Crippen molar-refractivity contribution >= 4 is 17.5 Å². The molecule has 0 saturated carbocycles. The summed E-state index contributed by atoms with van der Waals surface area (Å²) in [5.41, 5.74) is 4.73. The number of nitrogens with two attached hydrogens (primary N) is 1. The van der Waals surface area contributed by atoms with E-state index in [9.17, 15) is 0 Å². The number of halogens is 1. The summed E-state index contributed by atoms with van der Waals surface area (Å²) in [4.78, 5) is 7.01. The molecule has 0 spiro atoms. The first kappa shape index (κ1) is 2.90. The molecular weight excluding hydrogens is 162 g/mol. The van der Waals surface area contributed by atoms with Gasteiger partial charge in [0.05, 0.1) is 0 Å². The molecule has 0 radical (unpaired) electrons. The van der Waals surface area contributed by atoms with Crippen LogP contribution in [0.3, 0.4) is 0 Å². The summed E-state index contributed by atoms with van der Waals surface area (Å²) in [6.45, 7) is -6.25. The third-order valence-electron chi connectivity index (χ3n) is 0.968. The van der Waals surface area contributed by atoms with E-state index in [0.717, 1.165) is 6.07 Å². The average molecular weight is 179 g/mol. The summed E-state index contributed by atoms with van der Waals surface area (Å²) >= 11 is 5.57. The Morgan fingerprint density at radius 2 is 2.45 bits per heavy atom. The van der Waals surface area contributed by atoms with Gasteiger partial charge in [0.1, 0.15) is 5.15 Å². The van der Waals surface area contributed by atoms with E-state index in [1.807, 2.05) is 0 Å². The molecule has 0 aliphatic carbocycles. The molecule has 1 aromatic heterocycles. The highest BCUT2D eigenvalue weighted by Crippen LogP contribution is 2.15. The minimum atomic E-state index is -3.12. The molecule has 0 aliphatic rings. The first-order chi connectivity index (χ1) is 7.89. The largest absolute Gasteiger partial charge is 0.368 e. The van der Waals surface area contributed by atoms with E-state index in [1.165, 1.54) is 0 Å². The molecule has 1 rings (SSSR count). The summed E-state index contributed by atoms with van der Waals surface area (Å²) in [7, 11) is 0. The summed E-state index contributed by atoms with van der Waals surface area (Å²) < 4.78 is 51.4. The minimum absolute atomic E-state index is 0.220. The topological polar surface area (TPSA) is 51.8 Å². The van der Waals surface area contributed by atoms with Gasteiger partial charge < -0.3 is 5.73 Å². The molecule has 0 saturated heterocycles. The quantitative estimate of drug-likeness (QED) is 0.668. The molecule has 3 nitrogen and oxygen atoms in total. The lowest BCUT2D eigenvalue weighted by atomic mass is 10.1. The Morgan fingerprint density at radius 3 is 3.00 bits per heavy atom. The van der Waals surface area contributed by atoms with Crippen molar-refractivity contribution in [1.29, 1.82) is 0 Å². The number of nitrogen functional groups attached to an aromatic ring is 1. The highest BCUT2D eigenvalue weighted by atomic mass is 35.5. The summed E-state index contributed by atoms with van der Waals surface area (Å²) in [6, 6.07) is 0.920. The molecule has 0 atom stereocenters. The van der Waals surface area contributed by atoms with E-state index < -0.39 is 25.3 Å². The second kappa shape index (κ2) is 3.05. The first-order valence-electron chi connectivity index (χ1n) is 6.20. The van der Waals surface area contributed by atoms with Crippen LogP contribution in [0, 0.1) is 0 Å². The standard InChI is InChI=1S/C7H10ClN3/c1-4(2)5-3-6(8)11-7(9)10-5/h3-4H,1-2H3,(H2,9,10,11)/i1D3,2D3,4D. The summed E-state index contributed by atoms with van der Waals surface area (Å²) in [5.74, 6) is -3.30. The van der Waals surface area contributed by atoms with Crippen LogP contribution in [0.5, 0.6) is 0 Å². The van der Waals surface area contributed by atoms with E-state index in [2.05, 4.69) is 9.97 Å². The highest BCUT2D eigenvalue weighted by molar-refractivity contribution is 6.29. The Hall–Kier alpha value is -0.830. The molecule has 60 valence electrons. The van der Waals surface area contributed by atoms with Gasteiger partial charge in [-0.25, -0.2) is 9.97 Å². The lowest BCUT2D eigenvalue weighted by Gasteiger charge is -2.03. The third kappa shape index (κ3) is 2.05. The van der Waals surface area contributed by atoms with E-state index in [-0.39, 0.29) is 11.1 Å². The fraction of sp³-hybridized carbons (Fsp3) is 0.429. The maximum atomic E-state index is 7.83. The molecule has 0 amide bonds. The smallest absolute Gasteiger partial charge is 0.221 e. The highest BCUT2D eigenvalue weighted by Gasteiger charge is 2.03. The number of aromatic nitrogens is 2. The molecule has 0 bridgehead atoms. The molecular formula is C7H10ClN3. The number of nitrogens with zero attached hydrogens (tertiary/aromatic N) is 2. The first-order valence-corrected chi connectivity index (χ1v) is 3.08. The van der Waals surface area contributed by atoms with E-state index in [0.29, 0.717) is 0 Å². The van der Waals surface area contributed by atoms with Gasteiger partial charge in [0.2, 0.25) is 5.95 Å². The van der Waals surface area contributed by atoms with E-state index in [1.54, 1.807) is 0 Å². The SMILES string of the molecule is [2H]C([2H])([2H])C([2H])(c1cc(Cl)nc(N)n1)C([2H])([2H])[2H]. The monoisotopic (exact) mass is 178 g/mol. The lowest BCUT2D eigenvalue weighted by Crippen LogP contribution is -2.00. The van der Waals surface area contributed by atoms with Crippen molar-refractivity contribution in [2.75, 3.05) is 5.73 Å². The number of anilines is 1. The number of hydrogen-bond donors (Lipinski definition) is 1. The normalized spacial score (nSPS) is 23.2. The van der Waals surface area contributed by atoms with Crippen molar-refractivity contribution in [3.8, 4) is 0 Å². The van der Waals surface area contributed by atoms with Crippen LogP contribution in [-0.2, 0) is 0 Å². The van der Waals surface area contributed by atoms with Crippen molar-refractivity contribution in [3.05, 3.63) is 16.9 Å². The van der Waals surface area contributed by atoms with Crippen molar-refractivity contribution in [2.45, 2.75) is 19.6 Å². The molecule has 11 heavy (non-hydrogen) atoms. The van der Waals surface area contributed by atoms with Gasteiger partial charge >= 0.3 is 0 Å². The molecule has 0 aliphatic heterocycles. The Bertz CT molecular complexity index is 421. The Labute approximate surface area is 80.4 Å². The molecule has 0 aromatic carbocycles. The van der Waals surface area contributed by atoms with Gasteiger partial charge in [-0.1, -0.05) is 25.3 Å². The van der Waals surface area contributed by atoms with Crippen molar-refractivity contribution in [1.82, 2.24) is 9.97 Å². The summed E-state index contributed by atoms with van der Waals surface area (Å²) in [5, 5.41) is -0.220. The van der Waals surface area contributed by atoms with Crippen LogP contribution in [0.25, 0.3) is 0 Å². The fourth-order valence-electron chi connectivity index (χ4n) is 0.563. The molecule has 0 fully saturated rings. The summed E-state index contributed by atoms with van der Waals surface area (Å²) in [6.07, 6.45) is 0. The number of hydrogen-bond acceptors (Lipinski definition) is 3. The Balaban J connectivity index is 3.55. The van der Waals surface area contributed by atoms with Gasteiger partial charge in [0, 0.05) is 15.3 Å². The van der Waals surface area contributed by atoms with Crippen LogP contribution < -0.4 is 5.73 Å². The van der Waals surface area contributed by atoms with Crippen molar-refractivity contribution in [2.24, 2.45) is 0 Å². The van der Waals surface area contributed by atoms with Crippen LogP contribution in [0.15, 0.2) is 6.07 Å². The van der Waals surface area contributed by atoms with Crippen LogP contribution in [0.4, 0.5) is 5.95 Å². The predicted molar refractivity (Wildman–Crippen MR) is 45.5 cm³/mol. The molecule has 0 unspecified atom stereocenters. The second-order valence-corrected chi connectivity index (χ2v) is 2.20. The lowest BCUT2D eigenvalue weighted by molar-refractivity contribution is 0.818. The van der Waals surface area contributed by atoms with E-state index >= 15 is 0 Å². The molecule has 2 N–H and O–H groups in total. The van der Waals surface area contributed by atoms with Gasteiger partial charge in [-0.05, 0) is 12.0 Å². The third-order valence-corrected chi connectivity index (χ3v) is 1.16. The fourth-order valence-corrected chi connectivity index (χ4v) is 0.753. The Kier molecular flexibility index (Phi) is 0.804. The molecule has 1 heterocycles. The van der Waals surface area contributed by atoms with Gasteiger partial charge in [0.25, 0.3) is 0 Å². The van der Waals surface area contributed by atoms with Crippen molar-refractivity contribution in [3.63, 3.8) is 0 Å². The van der Waals surface area contributed by atoms with Crippen LogP contribution in [0.1, 0.15) is 34.9 Å². The van der Waals surface area contributed by atoms with Crippen LogP contribution in [0.2, 0.25) is 5.15 Å². The zero-order valence-electron chi connectivity index (χ0n) is 12.4. The van der Waals surface area contributed by atoms with Gasteiger partial charge in [-0.3, -0.25) is 0 Å². The molecule has 1 aromatic rings. The molecule has 4 heteroatoms. The number of rotatable bonds is 1. The van der Waals surface area contributed by atoms with Gasteiger partial charge in [-0.15, -0.1) is 0 Å². The van der Waals surface area contributed by atoms with Gasteiger partial charge in [-0.2, -0.15) is 0 Å². The Morgan fingerprint density at radius 1 is 1.73 bits per heavy atom. The van der Waals surface area contributed by atoms with Crippen LogP contribution in [-0.4, -0.2) is 9.97 Å². The van der Waals surface area contributed by atoms with Crippen molar-refractivity contribution < 1.29 is 9.60 Å². The average Bonchev–Trinajstić information content (AvgIpc) is 2.11.